The molecule has 2 aromatic carbocycles. The number of aliphatic hydroxyl groups excluding tert-OH is 1. The van der Waals surface area contributed by atoms with Gasteiger partial charge in [-0.2, -0.15) is 5.26 Å². The van der Waals surface area contributed by atoms with Gasteiger partial charge in [0.25, 0.3) is 5.91 Å². The number of halogens is 2. The lowest BCUT2D eigenvalue weighted by Crippen LogP contribution is -2.29. The minimum atomic E-state index is -0.559. The predicted octanol–water partition coefficient (Wildman–Crippen LogP) is 7.96. The molecule has 0 unspecified atom stereocenters. The molecule has 2 saturated heterocycles. The molecule has 8 rings (SSSR count). The molecule has 0 radical (unpaired) electrons. The molecule has 0 bridgehead atoms. The van der Waals surface area contributed by atoms with E-state index in [0.717, 1.165) is 104 Å². The van der Waals surface area contributed by atoms with Crippen molar-refractivity contribution in [3.8, 4) is 50.8 Å². The van der Waals surface area contributed by atoms with Gasteiger partial charge in [-0.25, -0.2) is 13.8 Å². The lowest BCUT2D eigenvalue weighted by Gasteiger charge is -2.28. The summed E-state index contributed by atoms with van der Waals surface area (Å²) in [5.74, 6) is -0.158. The number of aromatic amines is 2. The number of primary amides is 1. The van der Waals surface area contributed by atoms with E-state index < -0.39 is 5.91 Å². The number of aromatic nitrogens is 4. The maximum Gasteiger partial charge on any atom is 0.267 e. The number of rotatable bonds is 7. The second-order valence-corrected chi connectivity index (χ2v) is 14.5. The molecule has 6 heterocycles. The molecule has 10 nitrogen and oxygen atoms in total. The number of aliphatic hydroxyl groups is 1. The summed E-state index contributed by atoms with van der Waals surface area (Å²) in [5, 5.41) is 16.2. The van der Waals surface area contributed by atoms with Crippen LogP contribution in [0.4, 0.5) is 8.78 Å². The molecule has 12 heteroatoms. The second-order valence-electron chi connectivity index (χ2n) is 14.5. The highest BCUT2D eigenvalue weighted by Gasteiger charge is 2.24. The SMILES string of the molecule is CN1CCC(c2cc(-c3ccnc(C#N)c3)c(-c3ccc(F)cc3)[nH]2)CC1.CN1CCC(c2cc(-c3ccnc(C(N)=O)c3)c(-c3ccc(F)cc3)[nH]2)CC1.CO. The number of hydrogen-bond donors (Lipinski definition) is 4. The molecule has 6 aromatic rings. The van der Waals surface area contributed by atoms with Gasteiger partial charge in [-0.1, -0.05) is 0 Å². The topological polar surface area (TPSA) is 151 Å². The maximum absolute atomic E-state index is 13.4. The first-order valence-electron chi connectivity index (χ1n) is 19.1. The van der Waals surface area contributed by atoms with Gasteiger partial charge in [-0.05, 0) is 173 Å². The molecule has 0 atom stereocenters. The Labute approximate surface area is 332 Å². The lowest BCUT2D eigenvalue weighted by molar-refractivity contribution is 0.0995. The predicted molar refractivity (Wildman–Crippen MR) is 219 cm³/mol. The number of pyridine rings is 2. The van der Waals surface area contributed by atoms with Crippen LogP contribution in [0.2, 0.25) is 0 Å². The highest BCUT2D eigenvalue weighted by Crippen LogP contribution is 2.39. The Bertz CT molecular complexity index is 2300. The number of nitrogens with two attached hydrogens (primary N) is 1. The first kappa shape index (κ1) is 40.7. The van der Waals surface area contributed by atoms with Crippen molar-refractivity contribution >= 4 is 5.91 Å². The summed E-state index contributed by atoms with van der Waals surface area (Å²) in [7, 11) is 5.29. The molecule has 0 saturated carbocycles. The monoisotopic (exact) mass is 770 g/mol. The molecule has 2 aliphatic heterocycles. The second kappa shape index (κ2) is 18.8. The molecule has 2 fully saturated rings. The lowest BCUT2D eigenvalue weighted by atomic mass is 9.93. The molecular weight excluding hydrogens is 723 g/mol. The molecule has 0 spiro atoms. The number of benzene rings is 2. The number of piperidine rings is 2. The van der Waals surface area contributed by atoms with Crippen LogP contribution in [0.1, 0.15) is 65.1 Å². The molecule has 57 heavy (non-hydrogen) atoms. The third-order valence-corrected chi connectivity index (χ3v) is 10.8. The van der Waals surface area contributed by atoms with Crippen molar-refractivity contribution in [1.29, 1.82) is 5.26 Å². The molecular formula is C45H48F2N8O2. The van der Waals surface area contributed by atoms with Crippen molar-refractivity contribution in [2.45, 2.75) is 37.5 Å². The van der Waals surface area contributed by atoms with Crippen molar-refractivity contribution in [3.05, 3.63) is 132 Å². The number of carbonyl (C=O) groups is 1. The van der Waals surface area contributed by atoms with E-state index in [4.69, 9.17) is 10.8 Å². The van der Waals surface area contributed by atoms with E-state index in [1.165, 1.54) is 35.7 Å². The number of nitrogens with one attached hydrogen (secondary N) is 2. The van der Waals surface area contributed by atoms with E-state index in [1.807, 2.05) is 12.1 Å². The molecule has 5 N–H and O–H groups in total. The summed E-state index contributed by atoms with van der Waals surface area (Å²) in [6.07, 6.45) is 7.64. The van der Waals surface area contributed by atoms with Crippen LogP contribution in [0, 0.1) is 23.0 Å². The van der Waals surface area contributed by atoms with E-state index in [-0.39, 0.29) is 17.3 Å². The minimum absolute atomic E-state index is 0.226. The number of hydrogen-bond acceptors (Lipinski definition) is 7. The largest absolute Gasteiger partial charge is 0.400 e. The third-order valence-electron chi connectivity index (χ3n) is 10.8. The zero-order valence-electron chi connectivity index (χ0n) is 32.5. The summed E-state index contributed by atoms with van der Waals surface area (Å²) >= 11 is 0. The van der Waals surface area contributed by atoms with Gasteiger partial charge in [0.1, 0.15) is 29.1 Å². The van der Waals surface area contributed by atoms with E-state index in [0.29, 0.717) is 17.5 Å². The van der Waals surface area contributed by atoms with Crippen LogP contribution in [0.3, 0.4) is 0 Å². The standard InChI is InChI=1S/C22H23FN4O.C22H21FN4.CH4O/c1-27-10-7-14(8-11-27)19-13-18(16-6-9-25-20(12-16)22(24)28)21(26-19)15-2-4-17(23)5-3-15;1-27-10-7-15(8-11-27)21-13-20(17-6-9-25-19(12-17)14-24)22(26-21)16-2-4-18(23)5-3-16;1-2/h2-6,9,12-14,26H,7-8,10-11H2,1H3,(H2,24,28);2-6,9,12-13,15,26H,7-8,10-11H2,1H3;2H,1H3. The quantitative estimate of drug-likeness (QED) is 0.129. The zero-order valence-corrected chi connectivity index (χ0v) is 32.5. The van der Waals surface area contributed by atoms with Crippen molar-refractivity contribution < 1.29 is 18.7 Å². The van der Waals surface area contributed by atoms with Gasteiger partial charge in [0.05, 0.1) is 11.4 Å². The minimum Gasteiger partial charge on any atom is -0.400 e. The maximum atomic E-state index is 13.4. The fraction of sp³-hybridized carbons (Fsp3) is 0.289. The van der Waals surface area contributed by atoms with Crippen LogP contribution < -0.4 is 5.73 Å². The number of nitrogens with zero attached hydrogens (tertiary/aromatic N) is 5. The Hall–Kier alpha value is -6.00. The summed E-state index contributed by atoms with van der Waals surface area (Å²) in [6.45, 7) is 4.29. The van der Waals surface area contributed by atoms with Gasteiger partial charge in [0.2, 0.25) is 0 Å². The van der Waals surface area contributed by atoms with Gasteiger partial charge in [0, 0.05) is 53.9 Å². The number of amides is 1. The van der Waals surface area contributed by atoms with Crippen molar-refractivity contribution in [2.75, 3.05) is 47.4 Å². The van der Waals surface area contributed by atoms with Crippen LogP contribution in [0.25, 0.3) is 44.8 Å². The summed E-state index contributed by atoms with van der Waals surface area (Å²) < 4.78 is 26.8. The Kier molecular flexibility index (Phi) is 13.4. The van der Waals surface area contributed by atoms with E-state index in [1.54, 1.807) is 48.8 Å². The summed E-state index contributed by atoms with van der Waals surface area (Å²) in [5.41, 5.74) is 15.9. The van der Waals surface area contributed by atoms with Gasteiger partial charge >= 0.3 is 0 Å². The molecule has 0 aliphatic carbocycles. The average molecular weight is 771 g/mol. The highest BCUT2D eigenvalue weighted by atomic mass is 19.1. The van der Waals surface area contributed by atoms with Crippen molar-refractivity contribution in [2.24, 2.45) is 5.73 Å². The Balaban J connectivity index is 0.000000185. The van der Waals surface area contributed by atoms with Gasteiger partial charge < -0.3 is 30.6 Å². The van der Waals surface area contributed by atoms with Gasteiger partial charge in [-0.3, -0.25) is 9.78 Å². The number of nitriles is 1. The summed E-state index contributed by atoms with van der Waals surface area (Å²) in [6, 6.07) is 26.7. The van der Waals surface area contributed by atoms with Crippen molar-refractivity contribution in [3.63, 3.8) is 0 Å². The van der Waals surface area contributed by atoms with Crippen LogP contribution in [0.15, 0.2) is 97.3 Å². The van der Waals surface area contributed by atoms with Crippen LogP contribution >= 0.6 is 0 Å². The average Bonchev–Trinajstić information content (AvgIpc) is 3.90. The summed E-state index contributed by atoms with van der Waals surface area (Å²) in [4.78, 5) is 31.5. The number of likely N-dealkylation sites (tertiary alicyclic amines) is 2. The van der Waals surface area contributed by atoms with Gasteiger partial charge in [-0.15, -0.1) is 0 Å². The van der Waals surface area contributed by atoms with Gasteiger partial charge in [0.15, 0.2) is 0 Å². The van der Waals surface area contributed by atoms with E-state index >= 15 is 0 Å². The first-order valence-corrected chi connectivity index (χ1v) is 19.1. The highest BCUT2D eigenvalue weighted by molar-refractivity contribution is 5.93. The van der Waals surface area contributed by atoms with Crippen LogP contribution in [0.5, 0.6) is 0 Å². The molecule has 294 valence electrons. The number of H-pyrrole nitrogens is 2. The van der Waals surface area contributed by atoms with Crippen LogP contribution in [-0.2, 0) is 0 Å². The fourth-order valence-electron chi connectivity index (χ4n) is 7.57. The molecule has 4 aromatic heterocycles. The third kappa shape index (κ3) is 9.88. The van der Waals surface area contributed by atoms with Crippen LogP contribution in [-0.4, -0.2) is 88.1 Å². The molecule has 2 aliphatic rings. The number of carbonyl (C=O) groups excluding carboxylic acids is 1. The van der Waals surface area contributed by atoms with E-state index in [9.17, 15) is 18.8 Å². The van der Waals surface area contributed by atoms with Crippen molar-refractivity contribution in [1.82, 2.24) is 29.7 Å². The smallest absolute Gasteiger partial charge is 0.267 e. The fourth-order valence-corrected chi connectivity index (χ4v) is 7.57. The van der Waals surface area contributed by atoms with E-state index in [2.05, 4.69) is 62.0 Å². The Morgan fingerprint density at radius 1 is 0.684 bits per heavy atom. The first-order chi connectivity index (χ1) is 27.6. The zero-order chi connectivity index (χ0) is 40.5. The molecule has 1 amide bonds. The Morgan fingerprint density at radius 3 is 1.53 bits per heavy atom. The Morgan fingerprint density at radius 2 is 1.11 bits per heavy atom. The normalized spacial score (nSPS) is 15.2.